The minimum Gasteiger partial charge on any atom is -0.494 e. The van der Waals surface area contributed by atoms with Crippen molar-refractivity contribution in [3.63, 3.8) is 0 Å². The molecule has 0 saturated carbocycles. The van der Waals surface area contributed by atoms with Gasteiger partial charge in [0.2, 0.25) is 0 Å². The Labute approximate surface area is 201 Å². The van der Waals surface area contributed by atoms with Crippen LogP contribution in [0.5, 0.6) is 5.75 Å². The first-order valence-corrected chi connectivity index (χ1v) is 12.9. The maximum absolute atomic E-state index is 5.98. The van der Waals surface area contributed by atoms with Crippen LogP contribution in [0.1, 0.15) is 77.1 Å². The summed E-state index contributed by atoms with van der Waals surface area (Å²) in [5.41, 5.74) is 3.46. The highest BCUT2D eigenvalue weighted by Crippen LogP contribution is 2.29. The van der Waals surface area contributed by atoms with Crippen LogP contribution >= 0.6 is 0 Å². The van der Waals surface area contributed by atoms with E-state index in [0.717, 1.165) is 62.7 Å². The lowest BCUT2D eigenvalue weighted by Crippen LogP contribution is -2.27. The summed E-state index contributed by atoms with van der Waals surface area (Å²) < 4.78 is 17.9. The van der Waals surface area contributed by atoms with Crippen molar-refractivity contribution in [2.24, 2.45) is 11.8 Å². The maximum atomic E-state index is 5.98. The van der Waals surface area contributed by atoms with Gasteiger partial charge in [0.15, 0.2) is 6.29 Å². The number of hydrogen-bond donors (Lipinski definition) is 0. The molecule has 1 aliphatic rings. The molecule has 0 aliphatic carbocycles. The van der Waals surface area contributed by atoms with E-state index in [1.807, 2.05) is 6.08 Å². The van der Waals surface area contributed by atoms with E-state index in [-0.39, 0.29) is 6.29 Å². The predicted molar refractivity (Wildman–Crippen MR) is 137 cm³/mol. The molecule has 0 aromatic heterocycles. The van der Waals surface area contributed by atoms with E-state index in [2.05, 4.69) is 69.0 Å². The zero-order valence-electron chi connectivity index (χ0n) is 20.6. The molecule has 3 heteroatoms. The van der Waals surface area contributed by atoms with Gasteiger partial charge in [-0.3, -0.25) is 0 Å². The molecule has 180 valence electrons. The molecule has 0 spiro atoms. The first-order chi connectivity index (χ1) is 16.2. The topological polar surface area (TPSA) is 27.7 Å². The Bertz CT molecular complexity index is 788. The van der Waals surface area contributed by atoms with Crippen LogP contribution in [-0.4, -0.2) is 19.8 Å². The van der Waals surface area contributed by atoms with Crippen LogP contribution in [0.2, 0.25) is 0 Å². The smallest absolute Gasteiger partial charge is 0.183 e. The fraction of sp³-hybridized carbons (Fsp3) is 0.533. The number of benzene rings is 2. The molecule has 1 aliphatic heterocycles. The molecule has 1 unspecified atom stereocenters. The third-order valence-electron chi connectivity index (χ3n) is 6.66. The second-order valence-corrected chi connectivity index (χ2v) is 9.44. The van der Waals surface area contributed by atoms with Gasteiger partial charge >= 0.3 is 0 Å². The van der Waals surface area contributed by atoms with E-state index < -0.39 is 0 Å². The average Bonchev–Trinajstić information content (AvgIpc) is 2.87. The lowest BCUT2D eigenvalue weighted by atomic mass is 10.0. The summed E-state index contributed by atoms with van der Waals surface area (Å²) in [6.07, 6.45) is 11.4. The number of rotatable bonds is 14. The summed E-state index contributed by atoms with van der Waals surface area (Å²) in [6.45, 7) is 10.7. The minimum atomic E-state index is -0.254. The van der Waals surface area contributed by atoms with Gasteiger partial charge in [-0.15, -0.1) is 6.58 Å². The molecule has 2 aromatic rings. The molecular weight excluding hydrogens is 408 g/mol. The Morgan fingerprint density at radius 1 is 0.939 bits per heavy atom. The summed E-state index contributed by atoms with van der Waals surface area (Å²) in [6, 6.07) is 16.9. The Morgan fingerprint density at radius 2 is 1.61 bits per heavy atom. The molecule has 0 amide bonds. The van der Waals surface area contributed by atoms with Gasteiger partial charge in [-0.1, -0.05) is 82.0 Å². The highest BCUT2D eigenvalue weighted by molar-refractivity contribution is 5.64. The molecule has 0 bridgehead atoms. The van der Waals surface area contributed by atoms with Crippen molar-refractivity contribution in [3.8, 4) is 16.9 Å². The van der Waals surface area contributed by atoms with Crippen LogP contribution in [-0.2, 0) is 9.47 Å². The summed E-state index contributed by atoms with van der Waals surface area (Å²) in [5.74, 6) is 2.29. The Kier molecular flexibility index (Phi) is 11.0. The van der Waals surface area contributed by atoms with Crippen LogP contribution in [0.3, 0.4) is 0 Å². The third kappa shape index (κ3) is 8.64. The van der Waals surface area contributed by atoms with Crippen molar-refractivity contribution in [3.05, 3.63) is 66.7 Å². The summed E-state index contributed by atoms with van der Waals surface area (Å²) in [5, 5.41) is 0. The van der Waals surface area contributed by atoms with Gasteiger partial charge in [0.25, 0.3) is 0 Å². The second-order valence-electron chi connectivity index (χ2n) is 9.44. The van der Waals surface area contributed by atoms with Crippen molar-refractivity contribution >= 4 is 0 Å². The largest absolute Gasteiger partial charge is 0.494 e. The zero-order valence-corrected chi connectivity index (χ0v) is 20.6. The van der Waals surface area contributed by atoms with Crippen LogP contribution in [0, 0.1) is 11.8 Å². The van der Waals surface area contributed by atoms with Gasteiger partial charge in [-0.2, -0.15) is 0 Å². The standard InChI is InChI=1S/C30H42O3/c1-4-6-8-12-25-22-32-30(33-23-25)28-15-13-26(14-16-28)27-17-19-29(20-18-27)31-21-10-7-9-11-24(3)5-2/h4,13-20,24-25,30H,1,5-12,21-23H2,2-3H3. The number of unbranched alkanes of at least 4 members (excludes halogenated alkanes) is 3. The van der Waals surface area contributed by atoms with Gasteiger partial charge in [0, 0.05) is 11.5 Å². The van der Waals surface area contributed by atoms with E-state index >= 15 is 0 Å². The first kappa shape index (κ1) is 25.5. The van der Waals surface area contributed by atoms with Gasteiger partial charge < -0.3 is 14.2 Å². The fourth-order valence-electron chi connectivity index (χ4n) is 4.20. The SMILES string of the molecule is C=CCCCC1COC(c2ccc(-c3ccc(OCCCCCC(C)CC)cc3)cc2)OC1. The normalized spacial score (nSPS) is 19.2. The van der Waals surface area contributed by atoms with Gasteiger partial charge in [-0.25, -0.2) is 0 Å². The van der Waals surface area contributed by atoms with E-state index in [4.69, 9.17) is 14.2 Å². The predicted octanol–water partition coefficient (Wildman–Crippen LogP) is 8.36. The van der Waals surface area contributed by atoms with Gasteiger partial charge in [0.1, 0.15) is 5.75 Å². The van der Waals surface area contributed by atoms with Crippen molar-refractivity contribution in [2.45, 2.75) is 71.5 Å². The molecule has 2 aromatic carbocycles. The fourth-order valence-corrected chi connectivity index (χ4v) is 4.20. The highest BCUT2D eigenvalue weighted by Gasteiger charge is 2.23. The molecule has 3 nitrogen and oxygen atoms in total. The van der Waals surface area contributed by atoms with Gasteiger partial charge in [0.05, 0.1) is 19.8 Å². The Morgan fingerprint density at radius 3 is 2.24 bits per heavy atom. The molecule has 33 heavy (non-hydrogen) atoms. The number of allylic oxidation sites excluding steroid dienone is 1. The van der Waals surface area contributed by atoms with Crippen LogP contribution in [0.25, 0.3) is 11.1 Å². The third-order valence-corrected chi connectivity index (χ3v) is 6.66. The molecular formula is C30H42O3. The van der Waals surface area contributed by atoms with Crippen molar-refractivity contribution in [1.82, 2.24) is 0 Å². The Balaban J connectivity index is 1.40. The zero-order chi connectivity index (χ0) is 23.3. The van der Waals surface area contributed by atoms with Gasteiger partial charge in [-0.05, 0) is 54.9 Å². The first-order valence-electron chi connectivity index (χ1n) is 12.9. The maximum Gasteiger partial charge on any atom is 0.183 e. The van der Waals surface area contributed by atoms with Crippen LogP contribution in [0.15, 0.2) is 61.2 Å². The molecule has 1 heterocycles. The van der Waals surface area contributed by atoms with Crippen molar-refractivity contribution < 1.29 is 14.2 Å². The quantitative estimate of drug-likeness (QED) is 0.214. The molecule has 1 fully saturated rings. The minimum absolute atomic E-state index is 0.254. The van der Waals surface area contributed by atoms with E-state index in [1.54, 1.807) is 0 Å². The highest BCUT2D eigenvalue weighted by atomic mass is 16.7. The van der Waals surface area contributed by atoms with Crippen molar-refractivity contribution in [1.29, 1.82) is 0 Å². The average molecular weight is 451 g/mol. The summed E-state index contributed by atoms with van der Waals surface area (Å²) >= 11 is 0. The van der Waals surface area contributed by atoms with E-state index in [9.17, 15) is 0 Å². The molecule has 0 N–H and O–H groups in total. The van der Waals surface area contributed by atoms with Crippen molar-refractivity contribution in [2.75, 3.05) is 19.8 Å². The summed E-state index contributed by atoms with van der Waals surface area (Å²) in [4.78, 5) is 0. The van der Waals surface area contributed by atoms with E-state index in [1.165, 1.54) is 36.8 Å². The van der Waals surface area contributed by atoms with Crippen LogP contribution < -0.4 is 4.74 Å². The molecule has 3 rings (SSSR count). The number of ether oxygens (including phenoxy) is 3. The molecule has 1 atom stereocenters. The number of hydrogen-bond acceptors (Lipinski definition) is 3. The van der Waals surface area contributed by atoms with E-state index in [0.29, 0.717) is 5.92 Å². The lowest BCUT2D eigenvalue weighted by molar-refractivity contribution is -0.206. The van der Waals surface area contributed by atoms with Crippen LogP contribution in [0.4, 0.5) is 0 Å². The second kappa shape index (κ2) is 14.2. The molecule has 1 saturated heterocycles. The molecule has 0 radical (unpaired) electrons. The monoisotopic (exact) mass is 450 g/mol. The Hall–Kier alpha value is -2.10. The summed E-state index contributed by atoms with van der Waals surface area (Å²) in [7, 11) is 0. The lowest BCUT2D eigenvalue weighted by Gasteiger charge is -2.29.